The molecule has 4 aromatic rings. The number of nitrogens with one attached hydrogen (secondary N) is 1. The monoisotopic (exact) mass is 539 g/mol. The van der Waals surface area contributed by atoms with Crippen LogP contribution in [0.3, 0.4) is 0 Å². The predicted molar refractivity (Wildman–Crippen MR) is 161 cm³/mol. The molecule has 0 bridgehead atoms. The number of benzene rings is 3. The molecule has 1 atom stereocenters. The maximum atomic E-state index is 13.0. The highest BCUT2D eigenvalue weighted by molar-refractivity contribution is 5.84. The zero-order chi connectivity index (χ0) is 28.0. The summed E-state index contributed by atoms with van der Waals surface area (Å²) in [7, 11) is 1.85. The molecule has 0 aliphatic rings. The fraction of sp³-hybridized carbons (Fsp3) is 0.353. The first-order valence-electron chi connectivity index (χ1n) is 14.3. The Kier molecular flexibility index (Phi) is 11.5. The van der Waals surface area contributed by atoms with Crippen LogP contribution in [0.25, 0.3) is 10.9 Å². The topological polar surface area (TPSA) is 74.7 Å². The Balaban J connectivity index is 1.23. The molecule has 0 fully saturated rings. The first kappa shape index (κ1) is 29.2. The zero-order valence-corrected chi connectivity index (χ0v) is 23.4. The molecule has 0 radical (unpaired) electrons. The summed E-state index contributed by atoms with van der Waals surface area (Å²) >= 11 is 0. The second-order valence-corrected chi connectivity index (χ2v) is 10.5. The number of fused-ring (bicyclic) bond motifs is 1. The number of carbonyl (C=O) groups excluding carboxylic acids is 1. The third-order valence-electron chi connectivity index (χ3n) is 7.06. The minimum atomic E-state index is -0.725. The van der Waals surface area contributed by atoms with Crippen molar-refractivity contribution < 1.29 is 14.6 Å². The Bertz CT molecular complexity index is 1250. The van der Waals surface area contributed by atoms with Crippen LogP contribution in [0.5, 0.6) is 5.75 Å². The van der Waals surface area contributed by atoms with E-state index in [0.717, 1.165) is 49.4 Å². The summed E-state index contributed by atoms with van der Waals surface area (Å²) in [4.78, 5) is 19.2. The van der Waals surface area contributed by atoms with E-state index >= 15 is 0 Å². The Morgan fingerprint density at radius 2 is 1.52 bits per heavy atom. The molecule has 3 aromatic carbocycles. The van der Waals surface area contributed by atoms with Crippen molar-refractivity contribution in [2.75, 3.05) is 26.7 Å². The number of aryl methyl sites for hydroxylation is 2. The van der Waals surface area contributed by atoms with Gasteiger partial charge >= 0.3 is 0 Å². The molecule has 1 heterocycles. The fourth-order valence-electron chi connectivity index (χ4n) is 5.07. The van der Waals surface area contributed by atoms with Gasteiger partial charge in [-0.05, 0) is 81.0 Å². The number of likely N-dealkylation sites (N-methyl/N-ethyl adjacent to an activating group) is 1. The molecule has 0 saturated heterocycles. The van der Waals surface area contributed by atoms with E-state index in [1.54, 1.807) is 6.20 Å². The molecule has 40 heavy (non-hydrogen) atoms. The summed E-state index contributed by atoms with van der Waals surface area (Å²) in [5.74, 6) is 0.680. The number of pyridine rings is 1. The highest BCUT2D eigenvalue weighted by Crippen LogP contribution is 2.23. The molecule has 210 valence electrons. The number of aliphatic hydroxyl groups excluding tert-OH is 1. The average molecular weight is 540 g/mol. The third-order valence-corrected chi connectivity index (χ3v) is 7.06. The standard InChI is InChI=1S/C34H41N3O3/c1-37(24-30(38)26-40-33-22-10-21-32-31(33)20-11-23-35-32)25-34(39)36-29(18-8-16-27-12-4-2-5-13-27)19-9-17-28-14-6-3-7-15-28/h2-7,10-15,20-23,29-30,38H,8-9,16-19,24-26H2,1H3,(H,36,39). The number of amides is 1. The van der Waals surface area contributed by atoms with Gasteiger partial charge in [-0.2, -0.15) is 0 Å². The lowest BCUT2D eigenvalue weighted by molar-refractivity contribution is -0.123. The van der Waals surface area contributed by atoms with E-state index in [4.69, 9.17) is 4.74 Å². The van der Waals surface area contributed by atoms with Gasteiger partial charge in [-0.1, -0.05) is 66.7 Å². The Morgan fingerprint density at radius 3 is 2.17 bits per heavy atom. The van der Waals surface area contributed by atoms with Crippen LogP contribution in [0.4, 0.5) is 0 Å². The molecule has 6 nitrogen and oxygen atoms in total. The summed E-state index contributed by atoms with van der Waals surface area (Å²) in [5, 5.41) is 14.8. The summed E-state index contributed by atoms with van der Waals surface area (Å²) in [6.45, 7) is 0.702. The van der Waals surface area contributed by atoms with Gasteiger partial charge in [0.1, 0.15) is 18.5 Å². The van der Waals surface area contributed by atoms with Gasteiger partial charge in [0.25, 0.3) is 0 Å². The minimum absolute atomic E-state index is 0.0137. The van der Waals surface area contributed by atoms with Crippen molar-refractivity contribution >= 4 is 16.8 Å². The molecular weight excluding hydrogens is 498 g/mol. The smallest absolute Gasteiger partial charge is 0.234 e. The number of hydrogen-bond acceptors (Lipinski definition) is 5. The number of aromatic nitrogens is 1. The highest BCUT2D eigenvalue weighted by Gasteiger charge is 2.17. The number of carbonyl (C=O) groups is 1. The van der Waals surface area contributed by atoms with Crippen molar-refractivity contribution in [2.24, 2.45) is 0 Å². The molecule has 0 saturated carbocycles. The van der Waals surface area contributed by atoms with Crippen LogP contribution in [0.1, 0.15) is 36.8 Å². The normalized spacial score (nSPS) is 12.1. The molecule has 2 N–H and O–H groups in total. The maximum Gasteiger partial charge on any atom is 0.234 e. The van der Waals surface area contributed by atoms with E-state index < -0.39 is 6.10 Å². The van der Waals surface area contributed by atoms with E-state index in [1.807, 2.05) is 54.4 Å². The SMILES string of the molecule is CN(CC(=O)NC(CCCc1ccccc1)CCCc1ccccc1)CC(O)COc1cccc2ncccc12. The van der Waals surface area contributed by atoms with Crippen molar-refractivity contribution in [1.82, 2.24) is 15.2 Å². The summed E-state index contributed by atoms with van der Waals surface area (Å²) in [5.41, 5.74) is 3.51. The van der Waals surface area contributed by atoms with Gasteiger partial charge in [0.05, 0.1) is 12.1 Å². The van der Waals surface area contributed by atoms with Crippen LogP contribution < -0.4 is 10.1 Å². The lowest BCUT2D eigenvalue weighted by Crippen LogP contribution is -2.43. The van der Waals surface area contributed by atoms with Gasteiger partial charge in [-0.3, -0.25) is 14.7 Å². The van der Waals surface area contributed by atoms with Crippen molar-refractivity contribution in [1.29, 1.82) is 0 Å². The van der Waals surface area contributed by atoms with Gasteiger partial charge in [0.15, 0.2) is 0 Å². The molecule has 0 spiro atoms. The van der Waals surface area contributed by atoms with Gasteiger partial charge < -0.3 is 15.2 Å². The van der Waals surface area contributed by atoms with Crippen molar-refractivity contribution in [2.45, 2.75) is 50.7 Å². The molecule has 0 aliphatic heterocycles. The molecule has 1 amide bonds. The lowest BCUT2D eigenvalue weighted by Gasteiger charge is -2.23. The Hall–Kier alpha value is -3.74. The van der Waals surface area contributed by atoms with E-state index in [-0.39, 0.29) is 25.1 Å². The summed E-state index contributed by atoms with van der Waals surface area (Å²) in [6, 6.07) is 30.6. The number of hydrogen-bond donors (Lipinski definition) is 2. The van der Waals surface area contributed by atoms with Gasteiger partial charge in [-0.25, -0.2) is 0 Å². The fourth-order valence-corrected chi connectivity index (χ4v) is 5.07. The second kappa shape index (κ2) is 15.8. The quantitative estimate of drug-likeness (QED) is 0.198. The van der Waals surface area contributed by atoms with Gasteiger partial charge in [-0.15, -0.1) is 0 Å². The second-order valence-electron chi connectivity index (χ2n) is 10.5. The molecule has 6 heteroatoms. The minimum Gasteiger partial charge on any atom is -0.490 e. The first-order chi connectivity index (χ1) is 19.6. The Labute approximate surface area is 238 Å². The predicted octanol–water partition coefficient (Wildman–Crippen LogP) is 5.44. The van der Waals surface area contributed by atoms with Crippen molar-refractivity contribution in [3.05, 3.63) is 108 Å². The van der Waals surface area contributed by atoms with Crippen molar-refractivity contribution in [3.63, 3.8) is 0 Å². The number of nitrogens with zero attached hydrogens (tertiary/aromatic N) is 2. The van der Waals surface area contributed by atoms with Crippen LogP contribution in [0, 0.1) is 0 Å². The van der Waals surface area contributed by atoms with Crippen LogP contribution in [0.15, 0.2) is 97.2 Å². The van der Waals surface area contributed by atoms with E-state index in [2.05, 4.69) is 58.8 Å². The molecule has 4 rings (SSSR count). The van der Waals surface area contributed by atoms with E-state index in [9.17, 15) is 9.90 Å². The maximum absolute atomic E-state index is 13.0. The average Bonchev–Trinajstić information content (AvgIpc) is 2.97. The summed E-state index contributed by atoms with van der Waals surface area (Å²) < 4.78 is 5.90. The summed E-state index contributed by atoms with van der Waals surface area (Å²) in [6.07, 6.45) is 6.96. The van der Waals surface area contributed by atoms with Crippen LogP contribution in [0.2, 0.25) is 0 Å². The van der Waals surface area contributed by atoms with E-state index in [1.165, 1.54) is 11.1 Å². The molecule has 1 aromatic heterocycles. The first-order valence-corrected chi connectivity index (χ1v) is 14.3. The number of rotatable bonds is 16. The number of ether oxygens (including phenoxy) is 1. The van der Waals surface area contributed by atoms with Crippen molar-refractivity contribution in [3.8, 4) is 5.75 Å². The molecular formula is C34H41N3O3. The van der Waals surface area contributed by atoms with Gasteiger partial charge in [0.2, 0.25) is 5.91 Å². The number of aliphatic hydroxyl groups is 1. The van der Waals surface area contributed by atoms with Crippen LogP contribution >= 0.6 is 0 Å². The highest BCUT2D eigenvalue weighted by atomic mass is 16.5. The molecule has 1 unspecified atom stereocenters. The van der Waals surface area contributed by atoms with Gasteiger partial charge in [0, 0.05) is 24.2 Å². The van der Waals surface area contributed by atoms with Crippen LogP contribution in [-0.2, 0) is 17.6 Å². The Morgan fingerprint density at radius 1 is 0.875 bits per heavy atom. The zero-order valence-electron chi connectivity index (χ0n) is 23.4. The molecule has 0 aliphatic carbocycles. The largest absolute Gasteiger partial charge is 0.490 e. The van der Waals surface area contributed by atoms with Crippen LogP contribution in [-0.4, -0.2) is 59.8 Å². The lowest BCUT2D eigenvalue weighted by atomic mass is 9.99. The third kappa shape index (κ3) is 9.78. The van der Waals surface area contributed by atoms with E-state index in [0.29, 0.717) is 12.3 Å².